The van der Waals surface area contributed by atoms with Gasteiger partial charge in [-0.1, -0.05) is 32.1 Å². The first-order valence-corrected chi connectivity index (χ1v) is 10.5. The van der Waals surface area contributed by atoms with Gasteiger partial charge in [0.2, 0.25) is 0 Å². The highest BCUT2D eigenvalue weighted by Gasteiger charge is 2.49. The van der Waals surface area contributed by atoms with Crippen molar-refractivity contribution in [1.82, 2.24) is 15.3 Å². The van der Waals surface area contributed by atoms with Crippen LogP contribution in [0.3, 0.4) is 0 Å². The number of nitrogens with zero attached hydrogens (tertiary/aromatic N) is 2. The van der Waals surface area contributed by atoms with Crippen LogP contribution in [0.4, 0.5) is 0 Å². The average molecular weight is 402 g/mol. The molecule has 3 fully saturated rings. The maximum atomic E-state index is 12.4. The molecule has 0 radical (unpaired) electrons. The molecular weight excluding hydrogens is 370 g/mol. The Labute approximate surface area is 171 Å². The van der Waals surface area contributed by atoms with E-state index >= 15 is 0 Å². The van der Waals surface area contributed by atoms with Crippen LogP contribution in [0, 0.1) is 5.92 Å². The zero-order chi connectivity index (χ0) is 20.2. The van der Waals surface area contributed by atoms with Gasteiger partial charge in [0.25, 0.3) is 5.91 Å². The van der Waals surface area contributed by atoms with Gasteiger partial charge in [-0.05, 0) is 24.5 Å². The normalized spacial score (nSPS) is 30.2. The summed E-state index contributed by atoms with van der Waals surface area (Å²) in [7, 11) is 0. The number of allylic oxidation sites excluding steroid dienone is 1. The molecule has 1 amide bonds. The Balaban J connectivity index is 1.32. The quantitative estimate of drug-likeness (QED) is 0.486. The zero-order valence-corrected chi connectivity index (χ0v) is 16.7. The summed E-state index contributed by atoms with van der Waals surface area (Å²) >= 11 is 0. The van der Waals surface area contributed by atoms with E-state index in [1.54, 1.807) is 29.5 Å². The molecule has 3 aliphatic rings. The van der Waals surface area contributed by atoms with Gasteiger partial charge in [0.15, 0.2) is 0 Å². The van der Waals surface area contributed by atoms with Gasteiger partial charge in [-0.25, -0.2) is 5.84 Å². The number of aromatic nitrogens is 1. The lowest BCUT2D eigenvalue weighted by atomic mass is 9.86. The van der Waals surface area contributed by atoms with E-state index in [9.17, 15) is 4.79 Å². The molecular formula is C21H31N5O3. The van der Waals surface area contributed by atoms with Crippen LogP contribution in [-0.2, 0) is 9.47 Å². The molecule has 2 aliphatic heterocycles. The Kier molecular flexibility index (Phi) is 6.32. The van der Waals surface area contributed by atoms with Crippen molar-refractivity contribution in [3.8, 4) is 0 Å². The van der Waals surface area contributed by atoms with E-state index in [0.717, 1.165) is 12.1 Å². The first kappa shape index (κ1) is 20.1. The first-order valence-electron chi connectivity index (χ1n) is 10.5. The minimum Gasteiger partial charge on any atom is -0.401 e. The standard InChI is InChI=1S/C21H31N5O3/c22-16(10-14-4-2-1-3-5-14)11-26(23)18-13-29-19-17(12-28-20(18)19)25-21(27)15-6-8-24-9-7-15/h6-9,11,14,17-20H,1-5,10,12-13,22-23H2,(H,25,27)/b16-11-. The van der Waals surface area contributed by atoms with E-state index in [1.165, 1.54) is 32.1 Å². The van der Waals surface area contributed by atoms with Crippen molar-refractivity contribution in [2.45, 2.75) is 62.8 Å². The predicted octanol–water partition coefficient (Wildman–Crippen LogP) is 1.29. The van der Waals surface area contributed by atoms with Gasteiger partial charge in [0.05, 0.1) is 25.3 Å². The largest absolute Gasteiger partial charge is 0.401 e. The Hall–Kier alpha value is -2.16. The van der Waals surface area contributed by atoms with Crippen LogP contribution in [0.15, 0.2) is 36.4 Å². The number of rotatable bonds is 6. The van der Waals surface area contributed by atoms with E-state index in [0.29, 0.717) is 24.7 Å². The van der Waals surface area contributed by atoms with Crippen LogP contribution >= 0.6 is 0 Å². The van der Waals surface area contributed by atoms with Crippen molar-refractivity contribution in [1.29, 1.82) is 0 Å². The number of nitrogens with two attached hydrogens (primary N) is 2. The lowest BCUT2D eigenvalue weighted by Crippen LogP contribution is -2.47. The summed E-state index contributed by atoms with van der Waals surface area (Å²) in [6.07, 6.45) is 11.9. The zero-order valence-electron chi connectivity index (χ0n) is 16.7. The van der Waals surface area contributed by atoms with Crippen LogP contribution in [0.5, 0.6) is 0 Å². The van der Waals surface area contributed by atoms with Crippen molar-refractivity contribution in [2.75, 3.05) is 13.2 Å². The summed E-state index contributed by atoms with van der Waals surface area (Å²) in [6, 6.07) is 3.04. The number of fused-ring (bicyclic) bond motifs is 1. The third kappa shape index (κ3) is 4.71. The molecule has 0 spiro atoms. The molecule has 1 aromatic heterocycles. The number of pyridine rings is 1. The summed E-state index contributed by atoms with van der Waals surface area (Å²) in [5, 5.41) is 4.64. The van der Waals surface area contributed by atoms with Crippen LogP contribution in [0.2, 0.25) is 0 Å². The molecule has 4 unspecified atom stereocenters. The van der Waals surface area contributed by atoms with E-state index in [-0.39, 0.29) is 30.2 Å². The topological polar surface area (TPSA) is 116 Å². The lowest BCUT2D eigenvalue weighted by Gasteiger charge is -2.27. The van der Waals surface area contributed by atoms with Gasteiger partial charge in [0, 0.05) is 29.9 Å². The minimum atomic E-state index is -0.218. The molecule has 1 saturated carbocycles. The monoisotopic (exact) mass is 401 g/mol. The Bertz CT molecular complexity index is 722. The number of carbonyl (C=O) groups excluding carboxylic acids is 1. The van der Waals surface area contributed by atoms with Crippen LogP contribution < -0.4 is 16.9 Å². The van der Waals surface area contributed by atoms with Gasteiger partial charge in [-0.3, -0.25) is 9.78 Å². The van der Waals surface area contributed by atoms with Crippen LogP contribution in [0.25, 0.3) is 0 Å². The van der Waals surface area contributed by atoms with Crippen LogP contribution in [-0.4, -0.2) is 53.4 Å². The number of hydrogen-bond donors (Lipinski definition) is 3. The average Bonchev–Trinajstić information content (AvgIpc) is 3.32. The molecule has 1 aromatic rings. The fourth-order valence-electron chi connectivity index (χ4n) is 4.68. The molecule has 3 heterocycles. The molecule has 0 aromatic carbocycles. The minimum absolute atomic E-state index is 0.118. The fraction of sp³-hybridized carbons (Fsp3) is 0.619. The van der Waals surface area contributed by atoms with Crippen molar-refractivity contribution in [3.05, 3.63) is 42.0 Å². The maximum absolute atomic E-state index is 12.4. The lowest BCUT2D eigenvalue weighted by molar-refractivity contribution is 0.0525. The second kappa shape index (κ2) is 9.11. The number of amides is 1. The van der Waals surface area contributed by atoms with Crippen molar-refractivity contribution >= 4 is 5.91 Å². The second-order valence-corrected chi connectivity index (χ2v) is 8.34. The molecule has 4 atom stereocenters. The van der Waals surface area contributed by atoms with Crippen molar-refractivity contribution in [2.24, 2.45) is 17.5 Å². The van der Waals surface area contributed by atoms with Gasteiger partial charge < -0.3 is 25.5 Å². The first-order chi connectivity index (χ1) is 14.1. The van der Waals surface area contributed by atoms with E-state index in [2.05, 4.69) is 10.3 Å². The van der Waals surface area contributed by atoms with Crippen LogP contribution in [0.1, 0.15) is 48.9 Å². The third-order valence-electron chi connectivity index (χ3n) is 6.23. The van der Waals surface area contributed by atoms with E-state index < -0.39 is 0 Å². The molecule has 2 saturated heterocycles. The Morgan fingerprint density at radius 3 is 2.66 bits per heavy atom. The number of nitrogens with one attached hydrogen (secondary N) is 1. The number of ether oxygens (including phenoxy) is 2. The Morgan fingerprint density at radius 2 is 1.90 bits per heavy atom. The summed E-state index contributed by atoms with van der Waals surface area (Å²) in [4.78, 5) is 16.4. The third-order valence-corrected chi connectivity index (χ3v) is 6.23. The van der Waals surface area contributed by atoms with Crippen molar-refractivity contribution in [3.63, 3.8) is 0 Å². The summed E-state index contributed by atoms with van der Waals surface area (Å²) in [6.45, 7) is 0.846. The SMILES string of the molecule is N/C(=C\N(N)C1COC2C(NC(=O)c3ccncc3)COC21)CC1CCCCC1. The van der Waals surface area contributed by atoms with Gasteiger partial charge in [-0.15, -0.1) is 0 Å². The summed E-state index contributed by atoms with van der Waals surface area (Å²) in [5.41, 5.74) is 7.64. The number of hydrogen-bond acceptors (Lipinski definition) is 7. The molecule has 29 heavy (non-hydrogen) atoms. The van der Waals surface area contributed by atoms with Gasteiger partial charge in [-0.2, -0.15) is 0 Å². The Morgan fingerprint density at radius 1 is 1.17 bits per heavy atom. The fourth-order valence-corrected chi connectivity index (χ4v) is 4.68. The molecule has 8 nitrogen and oxygen atoms in total. The highest BCUT2D eigenvalue weighted by atomic mass is 16.6. The highest BCUT2D eigenvalue weighted by molar-refractivity contribution is 5.94. The highest BCUT2D eigenvalue weighted by Crippen LogP contribution is 2.31. The summed E-state index contributed by atoms with van der Waals surface area (Å²) < 4.78 is 11.9. The summed E-state index contributed by atoms with van der Waals surface area (Å²) in [5.74, 6) is 6.81. The predicted molar refractivity (Wildman–Crippen MR) is 108 cm³/mol. The molecule has 158 valence electrons. The number of hydrazine groups is 1. The molecule has 5 N–H and O–H groups in total. The van der Waals surface area contributed by atoms with Gasteiger partial charge >= 0.3 is 0 Å². The van der Waals surface area contributed by atoms with E-state index in [1.807, 2.05) is 6.20 Å². The van der Waals surface area contributed by atoms with Crippen molar-refractivity contribution < 1.29 is 14.3 Å². The molecule has 8 heteroatoms. The van der Waals surface area contributed by atoms with E-state index in [4.69, 9.17) is 21.1 Å². The molecule has 4 rings (SSSR count). The molecule has 0 bridgehead atoms. The molecule has 1 aliphatic carbocycles. The maximum Gasteiger partial charge on any atom is 0.251 e. The number of carbonyl (C=O) groups is 1. The van der Waals surface area contributed by atoms with Gasteiger partial charge in [0.1, 0.15) is 12.2 Å². The second-order valence-electron chi connectivity index (χ2n) is 8.34. The smallest absolute Gasteiger partial charge is 0.251 e.